The van der Waals surface area contributed by atoms with Gasteiger partial charge in [0, 0.05) is 5.75 Å². The third kappa shape index (κ3) is 8.02. The lowest BCUT2D eigenvalue weighted by Crippen LogP contribution is -2.42. The predicted octanol–water partition coefficient (Wildman–Crippen LogP) is 1.41. The van der Waals surface area contributed by atoms with E-state index in [-0.39, 0.29) is 31.0 Å². The Labute approximate surface area is 148 Å². The minimum atomic E-state index is -3.28. The van der Waals surface area contributed by atoms with Crippen molar-refractivity contribution in [2.45, 2.75) is 39.2 Å². The number of carboxylic acids is 1. The van der Waals surface area contributed by atoms with Crippen LogP contribution in [0.3, 0.4) is 0 Å². The van der Waals surface area contributed by atoms with Gasteiger partial charge < -0.3 is 15.2 Å². The van der Waals surface area contributed by atoms with Crippen molar-refractivity contribution in [3.63, 3.8) is 0 Å². The lowest BCUT2D eigenvalue weighted by atomic mass is 10.2. The topological polar surface area (TPSA) is 110 Å². The number of ether oxygens (including phenoxy) is 1. The second kappa shape index (κ2) is 10.0. The van der Waals surface area contributed by atoms with Crippen LogP contribution in [0.5, 0.6) is 5.75 Å². The molecule has 1 aromatic carbocycles. The van der Waals surface area contributed by atoms with Gasteiger partial charge in [0.05, 0.1) is 18.8 Å². The standard InChI is InChI=1S/C17H25NO6S/c1-3-13-5-7-14(8-6-13)24-11-9-16(19)18-15(17(20)21)10-12-25(22,23)4-2/h5-8,15H,3-4,9-12H2,1-2H3,(H,18,19)(H,20,21). The van der Waals surface area contributed by atoms with E-state index in [1.54, 1.807) is 0 Å². The number of carbonyl (C=O) groups is 2. The molecule has 1 atom stereocenters. The van der Waals surface area contributed by atoms with Gasteiger partial charge in [-0.2, -0.15) is 0 Å². The third-order valence-electron chi connectivity index (χ3n) is 3.72. The number of aryl methyl sites for hydroxylation is 1. The third-order valence-corrected chi connectivity index (χ3v) is 5.46. The molecule has 0 fully saturated rings. The maximum Gasteiger partial charge on any atom is 0.326 e. The number of carboxylic acid groups (broad SMARTS) is 1. The zero-order valence-electron chi connectivity index (χ0n) is 14.5. The molecule has 0 aliphatic carbocycles. The number of hydrogen-bond acceptors (Lipinski definition) is 5. The normalized spacial score (nSPS) is 12.4. The van der Waals surface area contributed by atoms with Crippen LogP contribution in [-0.4, -0.2) is 49.6 Å². The van der Waals surface area contributed by atoms with Gasteiger partial charge in [-0.1, -0.05) is 26.0 Å². The van der Waals surface area contributed by atoms with E-state index >= 15 is 0 Å². The smallest absolute Gasteiger partial charge is 0.326 e. The molecule has 0 spiro atoms. The molecule has 7 nitrogen and oxygen atoms in total. The van der Waals surface area contributed by atoms with Crippen molar-refractivity contribution < 1.29 is 27.9 Å². The molecule has 25 heavy (non-hydrogen) atoms. The van der Waals surface area contributed by atoms with E-state index in [4.69, 9.17) is 9.84 Å². The summed E-state index contributed by atoms with van der Waals surface area (Å²) in [6.07, 6.45) is 0.753. The van der Waals surface area contributed by atoms with E-state index in [0.717, 1.165) is 6.42 Å². The van der Waals surface area contributed by atoms with Gasteiger partial charge in [0.2, 0.25) is 5.91 Å². The molecule has 0 bridgehead atoms. The number of aliphatic carboxylic acids is 1. The fourth-order valence-corrected chi connectivity index (χ4v) is 2.93. The van der Waals surface area contributed by atoms with E-state index in [2.05, 4.69) is 5.32 Å². The van der Waals surface area contributed by atoms with Crippen LogP contribution < -0.4 is 10.1 Å². The number of benzene rings is 1. The maximum atomic E-state index is 11.8. The first-order valence-electron chi connectivity index (χ1n) is 8.21. The first-order chi connectivity index (χ1) is 11.8. The first-order valence-corrected chi connectivity index (χ1v) is 10.0. The molecule has 0 aromatic heterocycles. The van der Waals surface area contributed by atoms with Crippen molar-refractivity contribution in [1.82, 2.24) is 5.32 Å². The average Bonchev–Trinajstić information content (AvgIpc) is 2.59. The van der Waals surface area contributed by atoms with Gasteiger partial charge in [0.25, 0.3) is 0 Å². The second-order valence-electron chi connectivity index (χ2n) is 5.58. The molecule has 0 aliphatic rings. The molecule has 0 radical (unpaired) electrons. The Morgan fingerprint density at radius 1 is 1.20 bits per heavy atom. The maximum absolute atomic E-state index is 11.8. The number of rotatable bonds is 11. The number of sulfone groups is 1. The summed E-state index contributed by atoms with van der Waals surface area (Å²) in [5.41, 5.74) is 1.18. The summed E-state index contributed by atoms with van der Waals surface area (Å²) in [5.74, 6) is -1.45. The highest BCUT2D eigenvalue weighted by atomic mass is 32.2. The Morgan fingerprint density at radius 2 is 1.84 bits per heavy atom. The van der Waals surface area contributed by atoms with Gasteiger partial charge >= 0.3 is 5.97 Å². The monoisotopic (exact) mass is 371 g/mol. The van der Waals surface area contributed by atoms with Crippen LogP contribution in [0.2, 0.25) is 0 Å². The van der Waals surface area contributed by atoms with Crippen molar-refractivity contribution in [2.75, 3.05) is 18.1 Å². The summed E-state index contributed by atoms with van der Waals surface area (Å²) in [4.78, 5) is 23.0. The molecule has 8 heteroatoms. The average molecular weight is 371 g/mol. The summed E-state index contributed by atoms with van der Waals surface area (Å²) in [5, 5.41) is 11.4. The van der Waals surface area contributed by atoms with Crippen LogP contribution in [0, 0.1) is 0 Å². The minimum absolute atomic E-state index is 0.0141. The van der Waals surface area contributed by atoms with Gasteiger partial charge in [0.1, 0.15) is 21.6 Å². The molecule has 2 N–H and O–H groups in total. The Balaban J connectivity index is 2.42. The quantitative estimate of drug-likeness (QED) is 0.609. The molecule has 0 heterocycles. The lowest BCUT2D eigenvalue weighted by Gasteiger charge is -2.14. The summed E-state index contributed by atoms with van der Waals surface area (Å²) in [6.45, 7) is 3.65. The number of hydrogen-bond donors (Lipinski definition) is 2. The van der Waals surface area contributed by atoms with Crippen LogP contribution >= 0.6 is 0 Å². The van der Waals surface area contributed by atoms with Gasteiger partial charge in [-0.3, -0.25) is 4.79 Å². The van der Waals surface area contributed by atoms with Crippen LogP contribution in [0.25, 0.3) is 0 Å². The highest BCUT2D eigenvalue weighted by Crippen LogP contribution is 2.12. The van der Waals surface area contributed by atoms with Crippen molar-refractivity contribution in [2.24, 2.45) is 0 Å². The van der Waals surface area contributed by atoms with E-state index in [9.17, 15) is 18.0 Å². The second-order valence-corrected chi connectivity index (χ2v) is 8.05. The Hall–Kier alpha value is -2.09. The number of nitrogens with one attached hydrogen (secondary N) is 1. The summed E-state index contributed by atoms with van der Waals surface area (Å²) >= 11 is 0. The van der Waals surface area contributed by atoms with E-state index in [1.807, 2.05) is 31.2 Å². The van der Waals surface area contributed by atoms with E-state index < -0.39 is 27.8 Å². The highest BCUT2D eigenvalue weighted by Gasteiger charge is 2.22. The van der Waals surface area contributed by atoms with E-state index in [0.29, 0.717) is 5.75 Å². The van der Waals surface area contributed by atoms with Crippen LogP contribution in [-0.2, 0) is 25.8 Å². The largest absolute Gasteiger partial charge is 0.493 e. The first kappa shape index (κ1) is 21.0. The minimum Gasteiger partial charge on any atom is -0.493 e. The number of amides is 1. The zero-order valence-corrected chi connectivity index (χ0v) is 15.3. The fraction of sp³-hybridized carbons (Fsp3) is 0.529. The Kier molecular flexibility index (Phi) is 8.40. The Bertz CT molecular complexity index is 669. The van der Waals surface area contributed by atoms with Crippen molar-refractivity contribution >= 4 is 21.7 Å². The Morgan fingerprint density at radius 3 is 2.36 bits per heavy atom. The predicted molar refractivity (Wildman–Crippen MR) is 94.4 cm³/mol. The molecule has 1 unspecified atom stereocenters. The summed E-state index contributed by atoms with van der Waals surface area (Å²) in [6, 6.07) is 6.27. The molecule has 0 saturated carbocycles. The highest BCUT2D eigenvalue weighted by molar-refractivity contribution is 7.91. The van der Waals surface area contributed by atoms with Crippen molar-refractivity contribution in [3.05, 3.63) is 29.8 Å². The van der Waals surface area contributed by atoms with E-state index in [1.165, 1.54) is 12.5 Å². The molecule has 1 rings (SSSR count). The van der Waals surface area contributed by atoms with Crippen LogP contribution in [0.1, 0.15) is 32.3 Å². The molecular formula is C17H25NO6S. The molecule has 0 saturated heterocycles. The molecular weight excluding hydrogens is 346 g/mol. The van der Waals surface area contributed by atoms with Crippen LogP contribution in [0.15, 0.2) is 24.3 Å². The summed E-state index contributed by atoms with van der Waals surface area (Å²) in [7, 11) is -3.28. The van der Waals surface area contributed by atoms with Crippen molar-refractivity contribution in [1.29, 1.82) is 0 Å². The van der Waals surface area contributed by atoms with Crippen LogP contribution in [0.4, 0.5) is 0 Å². The lowest BCUT2D eigenvalue weighted by molar-refractivity contribution is -0.141. The fourth-order valence-electron chi connectivity index (χ4n) is 2.05. The van der Waals surface area contributed by atoms with Gasteiger partial charge in [-0.15, -0.1) is 0 Å². The molecule has 0 aliphatic heterocycles. The van der Waals surface area contributed by atoms with Gasteiger partial charge in [0.15, 0.2) is 0 Å². The molecule has 1 amide bonds. The molecule has 140 valence electrons. The number of carbonyl (C=O) groups excluding carboxylic acids is 1. The van der Waals surface area contributed by atoms with Crippen molar-refractivity contribution in [3.8, 4) is 5.75 Å². The van der Waals surface area contributed by atoms with Gasteiger partial charge in [-0.05, 0) is 30.5 Å². The SMILES string of the molecule is CCc1ccc(OCCC(=O)NC(CCS(=O)(=O)CC)C(=O)O)cc1. The van der Waals surface area contributed by atoms with Gasteiger partial charge in [-0.25, -0.2) is 13.2 Å². The summed E-state index contributed by atoms with van der Waals surface area (Å²) < 4.78 is 28.4. The molecule has 1 aromatic rings. The zero-order chi connectivity index (χ0) is 18.9.